The van der Waals surface area contributed by atoms with Gasteiger partial charge in [0, 0.05) is 26.5 Å². The second-order valence-electron chi connectivity index (χ2n) is 5.18. The lowest BCUT2D eigenvalue weighted by atomic mass is 10.1. The van der Waals surface area contributed by atoms with E-state index in [1.54, 1.807) is 0 Å². The Balaban J connectivity index is 2.15. The van der Waals surface area contributed by atoms with Crippen LogP contribution >= 0.6 is 14.6 Å². The average Bonchev–Trinajstić information content (AvgIpc) is 2.87. The third kappa shape index (κ3) is 3.91. The monoisotopic (exact) mass is 416 g/mol. The summed E-state index contributed by atoms with van der Waals surface area (Å²) in [5.74, 6) is 0. The molecule has 0 bridgehead atoms. The summed E-state index contributed by atoms with van der Waals surface area (Å²) < 4.78 is 43.5. The highest BCUT2D eigenvalue weighted by molar-refractivity contribution is 8.27. The molecule has 1 aliphatic heterocycles. The normalized spacial score (nSPS) is 28.8. The van der Waals surface area contributed by atoms with Crippen LogP contribution in [0.15, 0.2) is 21.9 Å². The van der Waals surface area contributed by atoms with Gasteiger partial charge in [-0.15, -0.1) is 0 Å². The number of aliphatic hydroxyl groups is 2. The molecule has 26 heavy (non-hydrogen) atoms. The highest BCUT2D eigenvalue weighted by Gasteiger charge is 2.50. The van der Waals surface area contributed by atoms with Crippen LogP contribution in [0, 0.1) is 0 Å². The van der Waals surface area contributed by atoms with Gasteiger partial charge in [-0.25, -0.2) is 13.9 Å². The summed E-state index contributed by atoms with van der Waals surface area (Å²) in [6, 6.07) is 1.00. The molecule has 13 nitrogen and oxygen atoms in total. The number of ether oxygens (including phenoxy) is 1. The summed E-state index contributed by atoms with van der Waals surface area (Å²) in [4.78, 5) is 34.5. The molecule has 1 aliphatic rings. The molecule has 0 saturated carbocycles. The zero-order valence-electron chi connectivity index (χ0n) is 13.6. The third-order valence-corrected chi connectivity index (χ3v) is 8.85. The fourth-order valence-corrected chi connectivity index (χ4v) is 5.15. The number of nitrogens with zero attached hydrogens (tertiary/aromatic N) is 1. The van der Waals surface area contributed by atoms with Crippen LogP contribution in [0.1, 0.15) is 6.23 Å². The van der Waals surface area contributed by atoms with Gasteiger partial charge in [0.05, 0.1) is 6.61 Å². The van der Waals surface area contributed by atoms with E-state index in [0.717, 1.165) is 31.0 Å². The topological polar surface area (TPSA) is 187 Å². The number of hydrogen-bond acceptors (Lipinski definition) is 10. The van der Waals surface area contributed by atoms with Gasteiger partial charge in [0.1, 0.15) is 18.3 Å². The van der Waals surface area contributed by atoms with Crippen molar-refractivity contribution in [2.24, 2.45) is 0 Å². The van der Waals surface area contributed by atoms with Gasteiger partial charge in [-0.3, -0.25) is 18.9 Å². The van der Waals surface area contributed by atoms with Crippen LogP contribution in [-0.2, 0) is 27.4 Å². The molecular formula is C11H18N2O11P2. The first-order valence-electron chi connectivity index (χ1n) is 7.08. The van der Waals surface area contributed by atoms with E-state index >= 15 is 0 Å². The lowest BCUT2D eigenvalue weighted by Crippen LogP contribution is -2.37. The number of aliphatic hydroxyl groups excluding tert-OH is 2. The lowest BCUT2D eigenvalue weighted by molar-refractivity contribution is -0.0522. The van der Waals surface area contributed by atoms with E-state index in [2.05, 4.69) is 13.6 Å². The van der Waals surface area contributed by atoms with E-state index in [-0.39, 0.29) is 0 Å². The summed E-state index contributed by atoms with van der Waals surface area (Å²) in [5, 5.41) is 20.0. The maximum absolute atomic E-state index is 12.0. The Morgan fingerprint density at radius 2 is 1.85 bits per heavy atom. The summed E-state index contributed by atoms with van der Waals surface area (Å²) in [6.45, 7) is -0.767. The van der Waals surface area contributed by atoms with Crippen molar-refractivity contribution >= 4 is 14.6 Å². The Bertz CT molecular complexity index is 843. The van der Waals surface area contributed by atoms with Crippen molar-refractivity contribution in [3.8, 4) is 0 Å². The van der Waals surface area contributed by atoms with Gasteiger partial charge < -0.3 is 28.9 Å². The van der Waals surface area contributed by atoms with Crippen molar-refractivity contribution in [1.82, 2.24) is 9.55 Å². The lowest BCUT2D eigenvalue weighted by Gasteiger charge is -2.21. The maximum atomic E-state index is 12.0. The number of nitrogens with one attached hydrogen (secondary N) is 1. The molecule has 0 amide bonds. The van der Waals surface area contributed by atoms with Crippen LogP contribution in [0.3, 0.4) is 0 Å². The van der Waals surface area contributed by atoms with Crippen molar-refractivity contribution < 1.29 is 42.5 Å². The highest BCUT2D eigenvalue weighted by atomic mass is 32.1. The molecule has 0 radical (unpaired) electrons. The minimum Gasteiger partial charge on any atom is -0.387 e. The molecule has 1 aromatic rings. The first kappa shape index (κ1) is 21.2. The van der Waals surface area contributed by atoms with Crippen LogP contribution in [-0.4, -0.2) is 63.8 Å². The first-order valence-corrected chi connectivity index (χ1v) is 10.9. The number of hydrogen-bond donors (Lipinski definition) is 4. The summed E-state index contributed by atoms with van der Waals surface area (Å²) in [6.07, 6.45) is -4.91. The van der Waals surface area contributed by atoms with Crippen molar-refractivity contribution in [2.75, 3.05) is 20.8 Å². The first-order chi connectivity index (χ1) is 12.1. The van der Waals surface area contributed by atoms with Gasteiger partial charge in [-0.2, -0.15) is 0 Å². The zero-order valence-corrected chi connectivity index (χ0v) is 15.4. The number of rotatable bonds is 7. The van der Waals surface area contributed by atoms with Gasteiger partial charge in [-0.1, -0.05) is 0 Å². The standard InChI is InChI=1S/C11H18N2O11P2/c1-21-26(20,22-2)25(18,19)23-5-6-8(15)9(16)10(24-6)13-4-3-7(14)12-11(13)17/h3-4,6,8-10,15-16H,5H2,1-2H3,(H,18,19)(H,12,14,17)/t6-,8-,9-,10-/m1/s1. The predicted octanol–water partition coefficient (Wildman–Crippen LogP) is -1.24. The van der Waals surface area contributed by atoms with Crippen LogP contribution < -0.4 is 11.2 Å². The van der Waals surface area contributed by atoms with Gasteiger partial charge in [0.25, 0.3) is 5.56 Å². The molecule has 2 heterocycles. The van der Waals surface area contributed by atoms with E-state index < -0.39 is 57.0 Å². The fourth-order valence-electron chi connectivity index (χ4n) is 2.25. The van der Waals surface area contributed by atoms with Gasteiger partial charge in [-0.05, 0) is 0 Å². The highest BCUT2D eigenvalue weighted by Crippen LogP contribution is 2.80. The Morgan fingerprint density at radius 1 is 1.23 bits per heavy atom. The van der Waals surface area contributed by atoms with Crippen molar-refractivity contribution in [3.63, 3.8) is 0 Å². The minimum absolute atomic E-state index is 0.671. The van der Waals surface area contributed by atoms with E-state index in [1.807, 2.05) is 4.98 Å². The SMILES string of the molecule is COP(=O)(OC)P(=O)(O)OC[C@H]1O[C@@H](n2ccc(=O)[nH]c2=O)[C@H](O)[C@@H]1O. The van der Waals surface area contributed by atoms with Crippen LogP contribution in [0.2, 0.25) is 0 Å². The molecule has 0 aliphatic carbocycles. The van der Waals surface area contributed by atoms with Crippen LogP contribution in [0.4, 0.5) is 0 Å². The second-order valence-corrected chi connectivity index (χ2v) is 11.1. The molecule has 2 rings (SSSR count). The molecule has 0 aromatic carbocycles. The smallest absolute Gasteiger partial charge is 0.387 e. The Morgan fingerprint density at radius 3 is 2.38 bits per heavy atom. The molecule has 148 valence electrons. The Kier molecular flexibility index (Phi) is 6.39. The zero-order chi connectivity index (χ0) is 19.7. The van der Waals surface area contributed by atoms with Crippen molar-refractivity contribution in [1.29, 1.82) is 0 Å². The van der Waals surface area contributed by atoms with Crippen LogP contribution in [0.25, 0.3) is 0 Å². The van der Waals surface area contributed by atoms with Gasteiger partial charge in [0.2, 0.25) is 0 Å². The van der Waals surface area contributed by atoms with Gasteiger partial charge in [0.15, 0.2) is 6.23 Å². The molecule has 1 saturated heterocycles. The quantitative estimate of drug-likeness (QED) is 0.389. The Labute approximate surface area is 146 Å². The van der Waals surface area contributed by atoms with Crippen LogP contribution in [0.5, 0.6) is 0 Å². The molecule has 5 atom stereocenters. The summed E-state index contributed by atoms with van der Waals surface area (Å²) in [7, 11) is -7.59. The Hall–Kier alpha value is -1.14. The minimum atomic E-state index is -4.90. The third-order valence-electron chi connectivity index (χ3n) is 3.64. The molecule has 1 aromatic heterocycles. The van der Waals surface area contributed by atoms with E-state index in [0.29, 0.717) is 0 Å². The molecule has 1 unspecified atom stereocenters. The molecule has 15 heteroatoms. The summed E-state index contributed by atoms with van der Waals surface area (Å²) >= 11 is 0. The summed E-state index contributed by atoms with van der Waals surface area (Å²) in [5.41, 5.74) is -1.57. The number of H-pyrrole nitrogens is 1. The van der Waals surface area contributed by atoms with Crippen molar-refractivity contribution in [3.05, 3.63) is 33.1 Å². The average molecular weight is 416 g/mol. The number of aromatic nitrogens is 2. The molecule has 0 spiro atoms. The molecule has 1 fully saturated rings. The van der Waals surface area contributed by atoms with E-state index in [1.165, 1.54) is 0 Å². The predicted molar refractivity (Wildman–Crippen MR) is 84.6 cm³/mol. The van der Waals surface area contributed by atoms with E-state index in [9.17, 15) is 33.8 Å². The van der Waals surface area contributed by atoms with E-state index in [4.69, 9.17) is 4.74 Å². The number of aromatic amines is 1. The second kappa shape index (κ2) is 7.85. The largest absolute Gasteiger partial charge is 0.440 e. The molecule has 4 N–H and O–H groups in total. The van der Waals surface area contributed by atoms with Gasteiger partial charge >= 0.3 is 20.3 Å². The molecular weight excluding hydrogens is 398 g/mol. The fraction of sp³-hybridized carbons (Fsp3) is 0.636. The maximum Gasteiger partial charge on any atom is 0.440 e. The van der Waals surface area contributed by atoms with Crippen molar-refractivity contribution in [2.45, 2.75) is 24.5 Å².